The molecule has 3 heterocycles. The highest BCUT2D eigenvalue weighted by Gasteiger charge is 2.33. The molecule has 4 heteroatoms. The maximum absolute atomic E-state index is 6.03. The van der Waals surface area contributed by atoms with Crippen molar-refractivity contribution in [1.29, 1.82) is 0 Å². The number of hydrogen-bond donors (Lipinski definition) is 1. The highest BCUT2D eigenvalue weighted by atomic mass is 16.5. The van der Waals surface area contributed by atoms with E-state index in [0.717, 1.165) is 29.9 Å². The molecule has 0 radical (unpaired) electrons. The Hall–Kier alpha value is -0.870. The molecule has 2 unspecified atom stereocenters. The van der Waals surface area contributed by atoms with Crippen molar-refractivity contribution in [3.05, 3.63) is 17.0 Å². The van der Waals surface area contributed by atoms with E-state index in [4.69, 9.17) is 9.26 Å². The van der Waals surface area contributed by atoms with E-state index in [9.17, 15) is 0 Å². The van der Waals surface area contributed by atoms with Crippen molar-refractivity contribution in [2.75, 3.05) is 0 Å². The SMILES string of the molecule is Cc1noc(C)c1COC1CC2CCC(C1)N2. The molecule has 2 aliphatic rings. The molecule has 17 heavy (non-hydrogen) atoms. The van der Waals surface area contributed by atoms with Crippen LogP contribution in [0, 0.1) is 13.8 Å². The normalized spacial score (nSPS) is 32.0. The molecule has 1 aromatic heterocycles. The lowest BCUT2D eigenvalue weighted by Crippen LogP contribution is -2.41. The van der Waals surface area contributed by atoms with E-state index in [1.807, 2.05) is 13.8 Å². The first-order valence-corrected chi connectivity index (χ1v) is 6.52. The molecule has 2 fully saturated rings. The van der Waals surface area contributed by atoms with Gasteiger partial charge in [0.05, 0.1) is 18.4 Å². The Morgan fingerprint density at radius 2 is 2.00 bits per heavy atom. The lowest BCUT2D eigenvalue weighted by atomic mass is 10.0. The van der Waals surface area contributed by atoms with Gasteiger partial charge in [0.1, 0.15) is 5.76 Å². The Balaban J connectivity index is 1.58. The first-order valence-electron chi connectivity index (χ1n) is 6.52. The van der Waals surface area contributed by atoms with Crippen molar-refractivity contribution in [1.82, 2.24) is 10.5 Å². The van der Waals surface area contributed by atoms with Gasteiger partial charge in [-0.2, -0.15) is 0 Å². The van der Waals surface area contributed by atoms with Crippen LogP contribution in [0.1, 0.15) is 42.7 Å². The zero-order valence-corrected chi connectivity index (χ0v) is 10.5. The molecule has 4 nitrogen and oxygen atoms in total. The summed E-state index contributed by atoms with van der Waals surface area (Å²) in [6, 6.07) is 1.37. The summed E-state index contributed by atoms with van der Waals surface area (Å²) in [6.45, 7) is 4.57. The molecule has 0 spiro atoms. The third-order valence-electron chi connectivity index (χ3n) is 4.07. The fourth-order valence-electron chi connectivity index (χ4n) is 3.05. The number of fused-ring (bicyclic) bond motifs is 2. The number of aromatic nitrogens is 1. The Morgan fingerprint density at radius 1 is 1.29 bits per heavy atom. The van der Waals surface area contributed by atoms with Gasteiger partial charge in [-0.25, -0.2) is 0 Å². The predicted octanol–water partition coefficient (Wildman–Crippen LogP) is 2.09. The number of hydrogen-bond acceptors (Lipinski definition) is 4. The van der Waals surface area contributed by atoms with E-state index in [1.54, 1.807) is 0 Å². The second-order valence-electron chi connectivity index (χ2n) is 5.35. The quantitative estimate of drug-likeness (QED) is 0.873. The summed E-state index contributed by atoms with van der Waals surface area (Å²) in [5.74, 6) is 0.888. The first-order chi connectivity index (χ1) is 8.22. The molecule has 0 aliphatic carbocycles. The molecule has 1 aromatic rings. The Kier molecular flexibility index (Phi) is 2.92. The smallest absolute Gasteiger partial charge is 0.139 e. The van der Waals surface area contributed by atoms with Crippen LogP contribution in [-0.2, 0) is 11.3 Å². The van der Waals surface area contributed by atoms with Crippen LogP contribution in [0.15, 0.2) is 4.52 Å². The number of piperidine rings is 1. The molecule has 2 aliphatic heterocycles. The maximum atomic E-state index is 6.03. The van der Waals surface area contributed by atoms with Gasteiger partial charge in [0.15, 0.2) is 0 Å². The fraction of sp³-hybridized carbons (Fsp3) is 0.769. The summed E-state index contributed by atoms with van der Waals surface area (Å²) in [4.78, 5) is 0. The predicted molar refractivity (Wildman–Crippen MR) is 63.7 cm³/mol. The maximum Gasteiger partial charge on any atom is 0.139 e. The molecule has 1 N–H and O–H groups in total. The molecule has 0 amide bonds. The average Bonchev–Trinajstić information content (AvgIpc) is 2.81. The van der Waals surface area contributed by atoms with Crippen LogP contribution in [0.3, 0.4) is 0 Å². The topological polar surface area (TPSA) is 47.3 Å². The molecule has 2 atom stereocenters. The molecule has 94 valence electrons. The summed E-state index contributed by atoms with van der Waals surface area (Å²) in [5.41, 5.74) is 2.08. The lowest BCUT2D eigenvalue weighted by molar-refractivity contribution is 0.00853. The average molecular weight is 236 g/mol. The minimum Gasteiger partial charge on any atom is -0.373 e. The Bertz CT molecular complexity index is 371. The van der Waals surface area contributed by atoms with E-state index < -0.39 is 0 Å². The molecule has 0 aromatic carbocycles. The monoisotopic (exact) mass is 236 g/mol. The Labute approximate surface area is 102 Å². The number of nitrogens with one attached hydrogen (secondary N) is 1. The fourth-order valence-corrected chi connectivity index (χ4v) is 3.05. The minimum atomic E-state index is 0.405. The summed E-state index contributed by atoms with van der Waals surface area (Å²) >= 11 is 0. The summed E-state index contributed by atoms with van der Waals surface area (Å²) in [7, 11) is 0. The second kappa shape index (κ2) is 4.42. The standard InChI is InChI=1S/C13H20N2O2/c1-8-13(9(2)17-15-8)7-16-12-5-10-3-4-11(6-12)14-10/h10-12,14H,3-7H2,1-2H3. The van der Waals surface area contributed by atoms with E-state index in [1.165, 1.54) is 12.8 Å². The van der Waals surface area contributed by atoms with Crippen LogP contribution >= 0.6 is 0 Å². The van der Waals surface area contributed by atoms with E-state index in [2.05, 4.69) is 10.5 Å². The third kappa shape index (κ3) is 2.24. The van der Waals surface area contributed by atoms with Gasteiger partial charge in [-0.1, -0.05) is 5.16 Å². The first kappa shape index (κ1) is 11.2. The third-order valence-corrected chi connectivity index (χ3v) is 4.07. The van der Waals surface area contributed by atoms with Crippen LogP contribution in [0.2, 0.25) is 0 Å². The van der Waals surface area contributed by atoms with Gasteiger partial charge >= 0.3 is 0 Å². The minimum absolute atomic E-state index is 0.405. The van der Waals surface area contributed by atoms with Crippen molar-refractivity contribution in [3.8, 4) is 0 Å². The number of rotatable bonds is 3. The van der Waals surface area contributed by atoms with Crippen molar-refractivity contribution in [2.24, 2.45) is 0 Å². The van der Waals surface area contributed by atoms with Crippen LogP contribution in [0.4, 0.5) is 0 Å². The van der Waals surface area contributed by atoms with E-state index in [0.29, 0.717) is 24.8 Å². The van der Waals surface area contributed by atoms with Gasteiger partial charge in [-0.3, -0.25) is 0 Å². The number of nitrogens with zero attached hydrogens (tertiary/aromatic N) is 1. The van der Waals surface area contributed by atoms with E-state index in [-0.39, 0.29) is 0 Å². The zero-order valence-electron chi connectivity index (χ0n) is 10.5. The van der Waals surface area contributed by atoms with E-state index >= 15 is 0 Å². The zero-order chi connectivity index (χ0) is 11.8. The highest BCUT2D eigenvalue weighted by molar-refractivity contribution is 5.19. The van der Waals surface area contributed by atoms with Crippen LogP contribution in [0.25, 0.3) is 0 Å². The van der Waals surface area contributed by atoms with Crippen molar-refractivity contribution in [3.63, 3.8) is 0 Å². The summed E-state index contributed by atoms with van der Waals surface area (Å²) < 4.78 is 11.2. The number of aryl methyl sites for hydroxylation is 2. The molecular formula is C13H20N2O2. The van der Waals surface area contributed by atoms with Gasteiger partial charge in [0.25, 0.3) is 0 Å². The van der Waals surface area contributed by atoms with Gasteiger partial charge in [-0.15, -0.1) is 0 Å². The Morgan fingerprint density at radius 3 is 2.59 bits per heavy atom. The molecule has 3 rings (SSSR count). The van der Waals surface area contributed by atoms with Crippen LogP contribution in [-0.4, -0.2) is 23.3 Å². The summed E-state index contributed by atoms with van der Waals surface area (Å²) in [5, 5.41) is 7.58. The van der Waals surface area contributed by atoms with Gasteiger partial charge in [0.2, 0.25) is 0 Å². The second-order valence-corrected chi connectivity index (χ2v) is 5.35. The van der Waals surface area contributed by atoms with Gasteiger partial charge in [0, 0.05) is 17.6 Å². The van der Waals surface area contributed by atoms with Gasteiger partial charge in [-0.05, 0) is 39.5 Å². The largest absolute Gasteiger partial charge is 0.373 e. The van der Waals surface area contributed by atoms with Crippen molar-refractivity contribution < 1.29 is 9.26 Å². The lowest BCUT2D eigenvalue weighted by Gasteiger charge is -2.29. The molecular weight excluding hydrogens is 216 g/mol. The number of ether oxygens (including phenoxy) is 1. The van der Waals surface area contributed by atoms with Crippen molar-refractivity contribution in [2.45, 2.75) is 64.3 Å². The molecule has 0 saturated carbocycles. The van der Waals surface area contributed by atoms with Crippen LogP contribution < -0.4 is 5.32 Å². The van der Waals surface area contributed by atoms with Gasteiger partial charge < -0.3 is 14.6 Å². The highest BCUT2D eigenvalue weighted by Crippen LogP contribution is 2.29. The van der Waals surface area contributed by atoms with Crippen molar-refractivity contribution >= 4 is 0 Å². The van der Waals surface area contributed by atoms with Crippen LogP contribution in [0.5, 0.6) is 0 Å². The summed E-state index contributed by atoms with van der Waals surface area (Å²) in [6.07, 6.45) is 5.34. The molecule has 2 bridgehead atoms. The molecule has 2 saturated heterocycles.